The molecule has 0 atom stereocenters. The predicted octanol–water partition coefficient (Wildman–Crippen LogP) is 4.87. The first kappa shape index (κ1) is 15.3. The van der Waals surface area contributed by atoms with Crippen molar-refractivity contribution in [3.8, 4) is 0 Å². The number of hydrogen-bond acceptors (Lipinski definition) is 2. The molecule has 3 nitrogen and oxygen atoms in total. The van der Waals surface area contributed by atoms with E-state index in [4.69, 9.17) is 23.2 Å². The Morgan fingerprint density at radius 1 is 1.45 bits per heavy atom. The Bertz CT molecular complexity index is 680. The van der Waals surface area contributed by atoms with Crippen molar-refractivity contribution in [3.05, 3.63) is 56.2 Å². The molecule has 0 amide bonds. The second-order valence-corrected chi connectivity index (χ2v) is 5.74. The number of rotatable bonds is 4. The van der Waals surface area contributed by atoms with Gasteiger partial charge in [0.2, 0.25) is 0 Å². The van der Waals surface area contributed by atoms with Crippen molar-refractivity contribution < 1.29 is 4.79 Å². The van der Waals surface area contributed by atoms with Crippen molar-refractivity contribution in [2.45, 2.75) is 13.5 Å². The molecule has 0 spiro atoms. The van der Waals surface area contributed by atoms with Crippen LogP contribution in [-0.2, 0) is 6.54 Å². The van der Waals surface area contributed by atoms with Crippen LogP contribution in [0.3, 0.4) is 0 Å². The van der Waals surface area contributed by atoms with Gasteiger partial charge in [0.25, 0.3) is 0 Å². The number of aryl methyl sites for hydroxylation is 1. The number of benzene rings is 1. The van der Waals surface area contributed by atoms with E-state index in [1.807, 2.05) is 13.1 Å². The summed E-state index contributed by atoms with van der Waals surface area (Å²) in [4.78, 5) is 12.1. The lowest BCUT2D eigenvalue weighted by Crippen LogP contribution is -1.96. The fraction of sp³-hybridized carbons (Fsp3) is 0.143. The standard InChI is InChI=1S/C14H11BrCl2N2O/c1-2-19-8-11(15)13(18-19)5-6-14(20)10-4-3-9(16)7-12(10)17/h3-8H,2H2,1H3/b6-5+. The zero-order valence-corrected chi connectivity index (χ0v) is 13.7. The van der Waals surface area contributed by atoms with Crippen molar-refractivity contribution in [2.75, 3.05) is 0 Å². The highest BCUT2D eigenvalue weighted by molar-refractivity contribution is 9.10. The first-order valence-electron chi connectivity index (χ1n) is 5.91. The molecule has 1 heterocycles. The molecule has 2 aromatic rings. The number of ketones is 1. The lowest BCUT2D eigenvalue weighted by atomic mass is 10.1. The van der Waals surface area contributed by atoms with E-state index < -0.39 is 0 Å². The molecule has 20 heavy (non-hydrogen) atoms. The van der Waals surface area contributed by atoms with Crippen LogP contribution in [0.1, 0.15) is 23.0 Å². The second-order valence-electron chi connectivity index (χ2n) is 4.04. The van der Waals surface area contributed by atoms with E-state index in [-0.39, 0.29) is 5.78 Å². The molecule has 0 bridgehead atoms. The summed E-state index contributed by atoms with van der Waals surface area (Å²) in [6, 6.07) is 4.79. The maximum absolute atomic E-state index is 12.1. The summed E-state index contributed by atoms with van der Waals surface area (Å²) in [7, 11) is 0. The van der Waals surface area contributed by atoms with Gasteiger partial charge in [-0.2, -0.15) is 5.10 Å². The van der Waals surface area contributed by atoms with E-state index in [1.165, 1.54) is 6.08 Å². The third-order valence-corrected chi connectivity index (χ3v) is 3.82. The van der Waals surface area contributed by atoms with Crippen LogP contribution >= 0.6 is 39.1 Å². The van der Waals surface area contributed by atoms with Crippen LogP contribution in [-0.4, -0.2) is 15.6 Å². The van der Waals surface area contributed by atoms with Gasteiger partial charge in [0.05, 0.1) is 15.2 Å². The van der Waals surface area contributed by atoms with E-state index in [0.29, 0.717) is 21.3 Å². The van der Waals surface area contributed by atoms with Gasteiger partial charge in [0.15, 0.2) is 5.78 Å². The van der Waals surface area contributed by atoms with Gasteiger partial charge in [-0.25, -0.2) is 0 Å². The maximum atomic E-state index is 12.1. The molecule has 0 aliphatic heterocycles. The Balaban J connectivity index is 2.22. The van der Waals surface area contributed by atoms with Gasteiger partial charge < -0.3 is 0 Å². The molecule has 0 fully saturated rings. The summed E-state index contributed by atoms with van der Waals surface area (Å²) in [5, 5.41) is 5.15. The fourth-order valence-corrected chi connectivity index (χ4v) is 2.57. The van der Waals surface area contributed by atoms with Crippen molar-refractivity contribution in [3.63, 3.8) is 0 Å². The van der Waals surface area contributed by atoms with Crippen molar-refractivity contribution in [2.24, 2.45) is 0 Å². The predicted molar refractivity (Wildman–Crippen MR) is 85.4 cm³/mol. The number of halogens is 3. The average molecular weight is 374 g/mol. The topological polar surface area (TPSA) is 34.9 Å². The van der Waals surface area contributed by atoms with Crippen molar-refractivity contribution in [1.82, 2.24) is 9.78 Å². The number of hydrogen-bond donors (Lipinski definition) is 0. The first-order chi connectivity index (χ1) is 9.51. The smallest absolute Gasteiger partial charge is 0.187 e. The number of nitrogens with zero attached hydrogens (tertiary/aromatic N) is 2. The third kappa shape index (κ3) is 3.51. The fourth-order valence-electron chi connectivity index (χ4n) is 1.62. The summed E-state index contributed by atoms with van der Waals surface area (Å²) >= 11 is 15.2. The molecule has 0 radical (unpaired) electrons. The van der Waals surface area contributed by atoms with Gasteiger partial charge in [0, 0.05) is 23.3 Å². The molecule has 2 rings (SSSR count). The quantitative estimate of drug-likeness (QED) is 0.566. The van der Waals surface area contributed by atoms with Crippen LogP contribution < -0.4 is 0 Å². The lowest BCUT2D eigenvalue weighted by Gasteiger charge is -1.99. The van der Waals surface area contributed by atoms with Crippen LogP contribution in [0.4, 0.5) is 0 Å². The molecule has 6 heteroatoms. The molecule has 1 aromatic carbocycles. The highest BCUT2D eigenvalue weighted by atomic mass is 79.9. The van der Waals surface area contributed by atoms with Gasteiger partial charge in [-0.1, -0.05) is 23.2 Å². The molecular weight excluding hydrogens is 363 g/mol. The Morgan fingerprint density at radius 3 is 2.80 bits per heavy atom. The third-order valence-electron chi connectivity index (χ3n) is 2.66. The van der Waals surface area contributed by atoms with Gasteiger partial charge in [-0.15, -0.1) is 0 Å². The minimum absolute atomic E-state index is 0.190. The highest BCUT2D eigenvalue weighted by Gasteiger charge is 2.09. The Labute approximate surface area is 135 Å². The minimum Gasteiger partial charge on any atom is -0.289 e. The molecule has 0 unspecified atom stereocenters. The van der Waals surface area contributed by atoms with Gasteiger partial charge >= 0.3 is 0 Å². The Morgan fingerprint density at radius 2 is 2.20 bits per heavy atom. The largest absolute Gasteiger partial charge is 0.289 e. The molecule has 0 N–H and O–H groups in total. The van der Waals surface area contributed by atoms with Crippen molar-refractivity contribution >= 4 is 51.0 Å². The minimum atomic E-state index is -0.190. The van der Waals surface area contributed by atoms with Crippen LogP contribution in [0.15, 0.2) is 34.9 Å². The van der Waals surface area contributed by atoms with Gasteiger partial charge in [-0.05, 0) is 53.2 Å². The summed E-state index contributed by atoms with van der Waals surface area (Å²) in [5.41, 5.74) is 1.11. The normalized spacial score (nSPS) is 11.2. The Kier molecular flexibility index (Phi) is 5.02. The summed E-state index contributed by atoms with van der Waals surface area (Å²) < 4.78 is 2.62. The lowest BCUT2D eigenvalue weighted by molar-refractivity contribution is 0.104. The van der Waals surface area contributed by atoms with E-state index in [0.717, 1.165) is 11.0 Å². The van der Waals surface area contributed by atoms with E-state index in [2.05, 4.69) is 21.0 Å². The highest BCUT2D eigenvalue weighted by Crippen LogP contribution is 2.22. The molecule has 0 aliphatic rings. The Hall–Kier alpha value is -1.10. The summed E-state index contributed by atoms with van der Waals surface area (Å²) in [5.74, 6) is -0.190. The van der Waals surface area contributed by atoms with E-state index in [1.54, 1.807) is 29.0 Å². The molecule has 104 valence electrons. The zero-order valence-electron chi connectivity index (χ0n) is 10.6. The zero-order chi connectivity index (χ0) is 14.7. The molecule has 0 saturated carbocycles. The monoisotopic (exact) mass is 372 g/mol. The van der Waals surface area contributed by atoms with Crippen molar-refractivity contribution in [1.29, 1.82) is 0 Å². The summed E-state index contributed by atoms with van der Waals surface area (Å²) in [6.45, 7) is 2.76. The van der Waals surface area contributed by atoms with Gasteiger partial charge in [-0.3, -0.25) is 9.48 Å². The number of carbonyl (C=O) groups is 1. The molecule has 0 saturated heterocycles. The van der Waals surface area contributed by atoms with Gasteiger partial charge in [0.1, 0.15) is 0 Å². The number of allylic oxidation sites excluding steroid dienone is 1. The van der Waals surface area contributed by atoms with Crippen LogP contribution in [0, 0.1) is 0 Å². The summed E-state index contributed by atoms with van der Waals surface area (Å²) in [6.07, 6.45) is 4.96. The van der Waals surface area contributed by atoms with Crippen LogP contribution in [0.5, 0.6) is 0 Å². The SMILES string of the molecule is CCn1cc(Br)c(/C=C/C(=O)c2ccc(Cl)cc2Cl)n1. The van der Waals surface area contributed by atoms with Crippen LogP contribution in [0.2, 0.25) is 10.0 Å². The molecule has 1 aromatic heterocycles. The van der Waals surface area contributed by atoms with Crippen LogP contribution in [0.25, 0.3) is 6.08 Å². The first-order valence-corrected chi connectivity index (χ1v) is 7.46. The second kappa shape index (κ2) is 6.57. The number of aromatic nitrogens is 2. The average Bonchev–Trinajstić information content (AvgIpc) is 2.76. The van der Waals surface area contributed by atoms with E-state index >= 15 is 0 Å². The maximum Gasteiger partial charge on any atom is 0.187 e. The number of carbonyl (C=O) groups excluding carboxylic acids is 1. The van der Waals surface area contributed by atoms with E-state index in [9.17, 15) is 4.79 Å². The molecular formula is C14H11BrCl2N2O. The molecule has 0 aliphatic carbocycles.